The second-order valence-electron chi connectivity index (χ2n) is 3.36. The SMILES string of the molecule is Clc1cccc2c(-c3cncnc3)n[nH]c12. The fourth-order valence-corrected chi connectivity index (χ4v) is 1.87. The quantitative estimate of drug-likeness (QED) is 0.699. The van der Waals surface area contributed by atoms with Gasteiger partial charge in [-0.15, -0.1) is 0 Å². The second-order valence-corrected chi connectivity index (χ2v) is 3.77. The highest BCUT2D eigenvalue weighted by Gasteiger charge is 2.09. The minimum atomic E-state index is 0.660. The summed E-state index contributed by atoms with van der Waals surface area (Å²) in [4.78, 5) is 7.94. The monoisotopic (exact) mass is 230 g/mol. The van der Waals surface area contributed by atoms with Crippen LogP contribution in [0.25, 0.3) is 22.2 Å². The van der Waals surface area contributed by atoms with E-state index in [2.05, 4.69) is 20.2 Å². The van der Waals surface area contributed by atoms with Crippen LogP contribution in [0.5, 0.6) is 0 Å². The molecule has 0 aliphatic rings. The van der Waals surface area contributed by atoms with Gasteiger partial charge in [0.2, 0.25) is 0 Å². The second kappa shape index (κ2) is 3.57. The maximum atomic E-state index is 6.06. The molecule has 1 aromatic carbocycles. The topological polar surface area (TPSA) is 54.5 Å². The molecule has 0 saturated heterocycles. The fraction of sp³-hybridized carbons (Fsp3) is 0. The number of fused-ring (bicyclic) bond motifs is 1. The lowest BCUT2D eigenvalue weighted by Crippen LogP contribution is -1.82. The number of H-pyrrole nitrogens is 1. The van der Waals surface area contributed by atoms with Gasteiger partial charge in [0, 0.05) is 23.3 Å². The summed E-state index contributed by atoms with van der Waals surface area (Å²) in [6.07, 6.45) is 4.94. The minimum Gasteiger partial charge on any atom is -0.276 e. The molecule has 0 amide bonds. The third kappa shape index (κ3) is 1.35. The van der Waals surface area contributed by atoms with Crippen LogP contribution < -0.4 is 0 Å². The van der Waals surface area contributed by atoms with Gasteiger partial charge < -0.3 is 0 Å². The molecule has 0 atom stereocenters. The Balaban J connectivity index is 2.30. The molecule has 0 saturated carbocycles. The maximum absolute atomic E-state index is 6.06. The first kappa shape index (κ1) is 9.30. The van der Waals surface area contributed by atoms with Gasteiger partial charge in [0.05, 0.1) is 10.5 Å². The zero-order chi connectivity index (χ0) is 11.0. The zero-order valence-corrected chi connectivity index (χ0v) is 8.94. The Kier molecular flexibility index (Phi) is 2.08. The Morgan fingerprint density at radius 2 is 1.94 bits per heavy atom. The number of hydrogen-bond donors (Lipinski definition) is 1. The van der Waals surface area contributed by atoms with Crippen LogP contribution in [-0.4, -0.2) is 20.2 Å². The third-order valence-corrected chi connectivity index (χ3v) is 2.70. The summed E-state index contributed by atoms with van der Waals surface area (Å²) in [5, 5.41) is 8.79. The molecular formula is C11H7ClN4. The number of hydrogen-bond acceptors (Lipinski definition) is 3. The van der Waals surface area contributed by atoms with Crippen LogP contribution in [0.15, 0.2) is 36.9 Å². The molecule has 16 heavy (non-hydrogen) atoms. The zero-order valence-electron chi connectivity index (χ0n) is 8.18. The summed E-state index contributed by atoms with van der Waals surface area (Å²) in [6, 6.07) is 5.69. The van der Waals surface area contributed by atoms with Crippen molar-refractivity contribution in [1.29, 1.82) is 0 Å². The van der Waals surface area contributed by atoms with E-state index < -0.39 is 0 Å². The van der Waals surface area contributed by atoms with E-state index in [-0.39, 0.29) is 0 Å². The first-order valence-corrected chi connectivity index (χ1v) is 5.12. The molecule has 0 bridgehead atoms. The average molecular weight is 231 g/mol. The highest BCUT2D eigenvalue weighted by atomic mass is 35.5. The molecule has 2 aromatic heterocycles. The number of rotatable bonds is 1. The smallest absolute Gasteiger partial charge is 0.115 e. The minimum absolute atomic E-state index is 0.660. The van der Waals surface area contributed by atoms with Gasteiger partial charge in [0.25, 0.3) is 0 Å². The van der Waals surface area contributed by atoms with Crippen molar-refractivity contribution in [3.05, 3.63) is 41.9 Å². The van der Waals surface area contributed by atoms with Crippen molar-refractivity contribution >= 4 is 22.5 Å². The molecule has 0 aliphatic heterocycles. The van der Waals surface area contributed by atoms with E-state index in [0.717, 1.165) is 22.2 Å². The van der Waals surface area contributed by atoms with Crippen LogP contribution in [0.4, 0.5) is 0 Å². The van der Waals surface area contributed by atoms with E-state index in [9.17, 15) is 0 Å². The third-order valence-electron chi connectivity index (χ3n) is 2.38. The van der Waals surface area contributed by atoms with Crippen LogP contribution in [0.2, 0.25) is 5.02 Å². The first-order chi connectivity index (χ1) is 7.86. The van der Waals surface area contributed by atoms with Crippen molar-refractivity contribution in [3.8, 4) is 11.3 Å². The summed E-state index contributed by atoms with van der Waals surface area (Å²) in [5.41, 5.74) is 2.53. The van der Waals surface area contributed by atoms with Crippen LogP contribution in [0.1, 0.15) is 0 Å². The van der Waals surface area contributed by atoms with E-state index in [1.54, 1.807) is 12.4 Å². The lowest BCUT2D eigenvalue weighted by molar-refractivity contribution is 1.11. The molecule has 0 aliphatic carbocycles. The summed E-state index contributed by atoms with van der Waals surface area (Å²) in [5.74, 6) is 0. The van der Waals surface area contributed by atoms with Crippen molar-refractivity contribution < 1.29 is 0 Å². The first-order valence-electron chi connectivity index (χ1n) is 4.74. The van der Waals surface area contributed by atoms with Gasteiger partial charge in [-0.2, -0.15) is 5.10 Å². The Hall–Kier alpha value is -1.94. The van der Waals surface area contributed by atoms with Crippen LogP contribution in [0.3, 0.4) is 0 Å². The molecule has 4 nitrogen and oxygen atoms in total. The fourth-order valence-electron chi connectivity index (χ4n) is 1.65. The normalized spacial score (nSPS) is 10.8. The van der Waals surface area contributed by atoms with Crippen molar-refractivity contribution in [2.45, 2.75) is 0 Å². The number of aromatic nitrogens is 4. The van der Waals surface area contributed by atoms with Gasteiger partial charge in [-0.25, -0.2) is 9.97 Å². The number of nitrogens with zero attached hydrogens (tertiary/aromatic N) is 3. The molecule has 0 fully saturated rings. The van der Waals surface area contributed by atoms with E-state index >= 15 is 0 Å². The van der Waals surface area contributed by atoms with Crippen molar-refractivity contribution in [2.75, 3.05) is 0 Å². The van der Waals surface area contributed by atoms with Crippen LogP contribution in [-0.2, 0) is 0 Å². The Labute approximate surface area is 96.3 Å². The van der Waals surface area contributed by atoms with Gasteiger partial charge in [0.1, 0.15) is 12.0 Å². The van der Waals surface area contributed by atoms with E-state index in [1.165, 1.54) is 6.33 Å². The maximum Gasteiger partial charge on any atom is 0.115 e. The number of aromatic amines is 1. The number of benzene rings is 1. The summed E-state index contributed by atoms with van der Waals surface area (Å²) < 4.78 is 0. The average Bonchev–Trinajstić information content (AvgIpc) is 2.75. The molecule has 0 spiro atoms. The number of nitrogens with one attached hydrogen (secondary N) is 1. The molecule has 0 unspecified atom stereocenters. The van der Waals surface area contributed by atoms with Crippen molar-refractivity contribution in [2.24, 2.45) is 0 Å². The lowest BCUT2D eigenvalue weighted by Gasteiger charge is -1.96. The Bertz CT molecular complexity index is 633. The van der Waals surface area contributed by atoms with Crippen LogP contribution in [0, 0.1) is 0 Å². The van der Waals surface area contributed by atoms with Gasteiger partial charge in [-0.3, -0.25) is 5.10 Å². The molecule has 5 heteroatoms. The number of para-hydroxylation sites is 1. The standard InChI is InChI=1S/C11H7ClN4/c12-9-3-1-2-8-10(15-16-11(8)9)7-4-13-6-14-5-7/h1-6H,(H,15,16). The van der Waals surface area contributed by atoms with Crippen LogP contribution >= 0.6 is 11.6 Å². The summed E-state index contributed by atoms with van der Waals surface area (Å²) in [7, 11) is 0. The number of halogens is 1. The largest absolute Gasteiger partial charge is 0.276 e. The van der Waals surface area contributed by atoms with E-state index in [4.69, 9.17) is 11.6 Å². The molecule has 3 aromatic rings. The summed E-state index contributed by atoms with van der Waals surface area (Å²) in [6.45, 7) is 0. The van der Waals surface area contributed by atoms with E-state index in [0.29, 0.717) is 5.02 Å². The Morgan fingerprint density at radius 1 is 1.12 bits per heavy atom. The molecule has 78 valence electrons. The molecular weight excluding hydrogens is 224 g/mol. The highest BCUT2D eigenvalue weighted by Crippen LogP contribution is 2.28. The predicted octanol–water partition coefficient (Wildman–Crippen LogP) is 2.67. The molecule has 0 radical (unpaired) electrons. The molecule has 3 rings (SSSR count). The van der Waals surface area contributed by atoms with Gasteiger partial charge >= 0.3 is 0 Å². The Morgan fingerprint density at radius 3 is 2.75 bits per heavy atom. The van der Waals surface area contributed by atoms with E-state index in [1.807, 2.05) is 18.2 Å². The molecule has 1 N–H and O–H groups in total. The lowest BCUT2D eigenvalue weighted by atomic mass is 10.1. The van der Waals surface area contributed by atoms with Crippen molar-refractivity contribution in [1.82, 2.24) is 20.2 Å². The van der Waals surface area contributed by atoms with Gasteiger partial charge in [0.15, 0.2) is 0 Å². The van der Waals surface area contributed by atoms with Gasteiger partial charge in [-0.1, -0.05) is 23.7 Å². The summed E-state index contributed by atoms with van der Waals surface area (Å²) >= 11 is 6.06. The molecule has 2 heterocycles. The predicted molar refractivity (Wildman–Crippen MR) is 62.1 cm³/mol. The highest BCUT2D eigenvalue weighted by molar-refractivity contribution is 6.35. The van der Waals surface area contributed by atoms with Crippen molar-refractivity contribution in [3.63, 3.8) is 0 Å². The van der Waals surface area contributed by atoms with Gasteiger partial charge in [-0.05, 0) is 6.07 Å².